The second-order valence-electron chi connectivity index (χ2n) is 17.6. The van der Waals surface area contributed by atoms with Gasteiger partial charge in [-0.25, -0.2) is 15.0 Å². The van der Waals surface area contributed by atoms with Crippen LogP contribution >= 0.6 is 0 Å². The van der Waals surface area contributed by atoms with Gasteiger partial charge in [0.1, 0.15) is 11.2 Å². The molecular formula is C65H41N3O. The summed E-state index contributed by atoms with van der Waals surface area (Å²) in [6.45, 7) is 0. The van der Waals surface area contributed by atoms with Gasteiger partial charge < -0.3 is 4.42 Å². The highest BCUT2D eigenvalue weighted by molar-refractivity contribution is 6.07. The maximum absolute atomic E-state index is 6.19. The number of aromatic nitrogens is 3. The molecule has 0 amide bonds. The van der Waals surface area contributed by atoms with Gasteiger partial charge in [0, 0.05) is 27.5 Å². The second kappa shape index (κ2) is 16.9. The molecule has 4 heteroatoms. The minimum Gasteiger partial charge on any atom is -0.456 e. The number of para-hydroxylation sites is 1. The quantitative estimate of drug-likeness (QED) is 0.153. The topological polar surface area (TPSA) is 51.8 Å². The molecule has 0 spiro atoms. The maximum Gasteiger partial charge on any atom is 0.164 e. The van der Waals surface area contributed by atoms with E-state index in [-0.39, 0.29) is 0 Å². The van der Waals surface area contributed by atoms with E-state index in [9.17, 15) is 0 Å². The molecule has 11 aromatic carbocycles. The lowest BCUT2D eigenvalue weighted by atomic mass is 9.93. The van der Waals surface area contributed by atoms with E-state index < -0.39 is 0 Å². The van der Waals surface area contributed by atoms with Crippen molar-refractivity contribution in [3.05, 3.63) is 249 Å². The van der Waals surface area contributed by atoms with E-state index in [1.54, 1.807) is 0 Å². The molecule has 13 aromatic rings. The fraction of sp³-hybridized carbons (Fsp3) is 0. The van der Waals surface area contributed by atoms with Gasteiger partial charge in [0.05, 0.1) is 0 Å². The molecule has 322 valence electrons. The molecule has 0 unspecified atom stereocenters. The SMILES string of the molecule is c1cc(-c2ccc(-c3ccc4ccccc4c3)cc2)cc(-c2nc(-c3cccc(-c4ccccc4-c4ccc5oc6ccccc6c5c4)c3)nc(-c3cccc(-c4cccc5ccccc45)c3)n2)c1. The molecule has 0 aliphatic heterocycles. The summed E-state index contributed by atoms with van der Waals surface area (Å²) in [7, 11) is 0. The van der Waals surface area contributed by atoms with Crippen LogP contribution in [0.4, 0.5) is 0 Å². The average Bonchev–Trinajstić information content (AvgIpc) is 3.81. The summed E-state index contributed by atoms with van der Waals surface area (Å²) >= 11 is 0. The van der Waals surface area contributed by atoms with Crippen LogP contribution in [-0.2, 0) is 0 Å². The molecule has 13 rings (SSSR count). The summed E-state index contributed by atoms with van der Waals surface area (Å²) in [5, 5.41) is 7.08. The fourth-order valence-corrected chi connectivity index (χ4v) is 9.83. The number of hydrogen-bond acceptors (Lipinski definition) is 4. The minimum absolute atomic E-state index is 0.598. The lowest BCUT2D eigenvalue weighted by molar-refractivity contribution is 0.669. The van der Waals surface area contributed by atoms with Crippen molar-refractivity contribution < 1.29 is 4.42 Å². The number of nitrogens with zero attached hydrogens (tertiary/aromatic N) is 3. The lowest BCUT2D eigenvalue weighted by Crippen LogP contribution is -2.00. The molecule has 0 fully saturated rings. The molecule has 0 saturated carbocycles. The van der Waals surface area contributed by atoms with E-state index in [1.807, 2.05) is 12.1 Å². The third-order valence-electron chi connectivity index (χ3n) is 13.3. The van der Waals surface area contributed by atoms with Gasteiger partial charge in [0.2, 0.25) is 0 Å². The predicted molar refractivity (Wildman–Crippen MR) is 286 cm³/mol. The van der Waals surface area contributed by atoms with Gasteiger partial charge in [-0.1, -0.05) is 206 Å². The van der Waals surface area contributed by atoms with E-state index in [0.717, 1.165) is 83.1 Å². The zero-order valence-corrected chi connectivity index (χ0v) is 37.4. The van der Waals surface area contributed by atoms with Gasteiger partial charge in [-0.3, -0.25) is 0 Å². The normalized spacial score (nSPS) is 11.5. The van der Waals surface area contributed by atoms with Crippen molar-refractivity contribution in [1.29, 1.82) is 0 Å². The Labute approximate surface area is 399 Å². The highest BCUT2D eigenvalue weighted by Crippen LogP contribution is 2.39. The molecule has 0 aliphatic rings. The highest BCUT2D eigenvalue weighted by atomic mass is 16.3. The van der Waals surface area contributed by atoms with Crippen molar-refractivity contribution in [3.63, 3.8) is 0 Å². The Morgan fingerprint density at radius 2 is 0.638 bits per heavy atom. The Bertz CT molecular complexity index is 4090. The summed E-state index contributed by atoms with van der Waals surface area (Å²) < 4.78 is 6.19. The van der Waals surface area contributed by atoms with E-state index in [1.165, 1.54) is 32.7 Å². The molecule has 0 radical (unpaired) electrons. The van der Waals surface area contributed by atoms with Crippen molar-refractivity contribution in [3.8, 4) is 89.8 Å². The standard InChI is InChI=1S/C65H41N3O/c1-2-15-46-37-48(34-33-42(46)13-1)44-31-29-43(30-32-44)47-17-9-20-52(38-47)63-66-64(68-65(67-63)54-22-11-19-50(40-54)58-27-12-16-45-14-3-4-23-55(45)58)53-21-10-18-49(39-53)56-24-5-6-25-57(56)51-35-36-62-60(41-51)59-26-7-8-28-61(59)69-62/h1-41H. The van der Waals surface area contributed by atoms with Crippen LogP contribution in [0.3, 0.4) is 0 Å². The van der Waals surface area contributed by atoms with Gasteiger partial charge in [0.15, 0.2) is 17.5 Å². The van der Waals surface area contributed by atoms with Crippen molar-refractivity contribution in [2.24, 2.45) is 0 Å². The molecule has 0 N–H and O–H groups in total. The first-order valence-electron chi connectivity index (χ1n) is 23.3. The molecule has 0 saturated heterocycles. The molecule has 0 aliphatic carbocycles. The Morgan fingerprint density at radius 1 is 0.217 bits per heavy atom. The highest BCUT2D eigenvalue weighted by Gasteiger charge is 2.17. The van der Waals surface area contributed by atoms with Crippen LogP contribution in [0.5, 0.6) is 0 Å². The zero-order chi connectivity index (χ0) is 45.7. The zero-order valence-electron chi connectivity index (χ0n) is 37.4. The summed E-state index contributed by atoms with van der Waals surface area (Å²) in [5.41, 5.74) is 15.7. The first-order valence-corrected chi connectivity index (χ1v) is 23.3. The van der Waals surface area contributed by atoms with Gasteiger partial charge in [-0.15, -0.1) is 0 Å². The number of benzene rings is 11. The Morgan fingerprint density at radius 3 is 1.32 bits per heavy atom. The largest absolute Gasteiger partial charge is 0.456 e. The van der Waals surface area contributed by atoms with Crippen LogP contribution in [0, 0.1) is 0 Å². The van der Waals surface area contributed by atoms with Crippen LogP contribution in [0.1, 0.15) is 0 Å². The van der Waals surface area contributed by atoms with Gasteiger partial charge in [-0.2, -0.15) is 0 Å². The van der Waals surface area contributed by atoms with Gasteiger partial charge in [-0.05, 0) is 120 Å². The molecule has 2 heterocycles. The van der Waals surface area contributed by atoms with Crippen molar-refractivity contribution in [1.82, 2.24) is 15.0 Å². The number of furan rings is 1. The number of fused-ring (bicyclic) bond motifs is 5. The average molecular weight is 880 g/mol. The van der Waals surface area contributed by atoms with Crippen molar-refractivity contribution in [2.75, 3.05) is 0 Å². The monoisotopic (exact) mass is 879 g/mol. The van der Waals surface area contributed by atoms with E-state index in [2.05, 4.69) is 237 Å². The van der Waals surface area contributed by atoms with Crippen LogP contribution in [-0.4, -0.2) is 15.0 Å². The third kappa shape index (κ3) is 7.51. The molecule has 2 aromatic heterocycles. The smallest absolute Gasteiger partial charge is 0.164 e. The summed E-state index contributed by atoms with van der Waals surface area (Å²) in [6.07, 6.45) is 0. The Hall–Kier alpha value is -9.25. The van der Waals surface area contributed by atoms with Crippen molar-refractivity contribution in [2.45, 2.75) is 0 Å². The van der Waals surface area contributed by atoms with Crippen LogP contribution in [0.25, 0.3) is 133 Å². The van der Waals surface area contributed by atoms with Crippen LogP contribution < -0.4 is 0 Å². The van der Waals surface area contributed by atoms with Crippen LogP contribution in [0.2, 0.25) is 0 Å². The Kier molecular flexibility index (Phi) is 9.80. The molecule has 0 bridgehead atoms. The first kappa shape index (κ1) is 40.1. The summed E-state index contributed by atoms with van der Waals surface area (Å²) in [6, 6.07) is 87.9. The molecular weight excluding hydrogens is 839 g/mol. The predicted octanol–water partition coefficient (Wildman–Crippen LogP) is 17.4. The molecule has 0 atom stereocenters. The summed E-state index contributed by atoms with van der Waals surface area (Å²) in [5.74, 6) is 1.81. The fourth-order valence-electron chi connectivity index (χ4n) is 9.83. The van der Waals surface area contributed by atoms with Crippen LogP contribution in [0.15, 0.2) is 253 Å². The first-order chi connectivity index (χ1) is 34.1. The second-order valence-corrected chi connectivity index (χ2v) is 17.6. The van der Waals surface area contributed by atoms with E-state index in [4.69, 9.17) is 19.4 Å². The third-order valence-corrected chi connectivity index (χ3v) is 13.3. The van der Waals surface area contributed by atoms with Crippen molar-refractivity contribution >= 4 is 43.5 Å². The number of hydrogen-bond donors (Lipinski definition) is 0. The molecule has 69 heavy (non-hydrogen) atoms. The minimum atomic E-state index is 0.598. The summed E-state index contributed by atoms with van der Waals surface area (Å²) in [4.78, 5) is 15.8. The van der Waals surface area contributed by atoms with E-state index >= 15 is 0 Å². The van der Waals surface area contributed by atoms with Gasteiger partial charge in [0.25, 0.3) is 0 Å². The molecule has 4 nitrogen and oxygen atoms in total. The Balaban J connectivity index is 0.911. The number of rotatable bonds is 8. The maximum atomic E-state index is 6.19. The van der Waals surface area contributed by atoms with E-state index in [0.29, 0.717) is 17.5 Å². The van der Waals surface area contributed by atoms with Gasteiger partial charge >= 0.3 is 0 Å². The lowest BCUT2D eigenvalue weighted by Gasteiger charge is -2.13.